The average Bonchev–Trinajstić information content (AvgIpc) is 2.52. The van der Waals surface area contributed by atoms with Gasteiger partial charge in [-0.2, -0.15) is 22.5 Å². The maximum atomic E-state index is 13.3. The molecule has 0 amide bonds. The maximum Gasteiger partial charge on any atom is 0.253 e. The Hall–Kier alpha value is -1.37. The summed E-state index contributed by atoms with van der Waals surface area (Å²) in [7, 11) is 0. The van der Waals surface area contributed by atoms with Gasteiger partial charge in [-0.3, -0.25) is 0 Å². The number of hydrogen-bond donors (Lipinski definition) is 1. The number of unbranched alkanes of at least 4 members (excludes halogenated alkanes) is 2. The molecule has 0 radical (unpaired) electrons. The molecule has 22 heavy (non-hydrogen) atoms. The van der Waals surface area contributed by atoms with Gasteiger partial charge in [0.1, 0.15) is 5.69 Å². The number of nitrogens with zero attached hydrogens (tertiary/aromatic N) is 2. The number of hydrogen-bond acceptors (Lipinski definition) is 3. The summed E-state index contributed by atoms with van der Waals surface area (Å²) in [5.74, 6) is -6.22. The van der Waals surface area contributed by atoms with E-state index in [1.165, 1.54) is 19.3 Å². The van der Waals surface area contributed by atoms with Gasteiger partial charge in [0.2, 0.25) is 11.6 Å². The zero-order chi connectivity index (χ0) is 15.9. The fourth-order valence-corrected chi connectivity index (χ4v) is 2.68. The summed E-state index contributed by atoms with van der Waals surface area (Å²) in [6.45, 7) is 3.58. The van der Waals surface area contributed by atoms with E-state index in [-0.39, 0.29) is 6.54 Å². The van der Waals surface area contributed by atoms with Gasteiger partial charge in [-0.15, -0.1) is 0 Å². The van der Waals surface area contributed by atoms with E-state index in [0.717, 1.165) is 32.5 Å². The molecule has 2 heterocycles. The van der Waals surface area contributed by atoms with E-state index < -0.39 is 29.2 Å². The number of pyridine rings is 1. The van der Waals surface area contributed by atoms with Crippen LogP contribution in [0.5, 0.6) is 0 Å². The first-order chi connectivity index (χ1) is 10.6. The van der Waals surface area contributed by atoms with Gasteiger partial charge < -0.3 is 10.2 Å². The van der Waals surface area contributed by atoms with Gasteiger partial charge in [0.15, 0.2) is 0 Å². The molecule has 0 bridgehead atoms. The SMILES string of the molecule is Fc1nc(F)c(F)c(NCCCCCN2CCCCC2)c1F. The first-order valence-electron chi connectivity index (χ1n) is 7.76. The van der Waals surface area contributed by atoms with Gasteiger partial charge in [0, 0.05) is 6.54 Å². The second kappa shape index (κ2) is 8.31. The molecule has 0 atom stereocenters. The Labute approximate surface area is 127 Å². The summed E-state index contributed by atoms with van der Waals surface area (Å²) >= 11 is 0. The van der Waals surface area contributed by atoms with Gasteiger partial charge in [0.05, 0.1) is 0 Å². The number of piperidine rings is 1. The zero-order valence-electron chi connectivity index (χ0n) is 12.5. The molecule has 1 aromatic rings. The topological polar surface area (TPSA) is 28.2 Å². The first-order valence-corrected chi connectivity index (χ1v) is 7.76. The van der Waals surface area contributed by atoms with Crippen LogP contribution in [0, 0.1) is 23.5 Å². The van der Waals surface area contributed by atoms with E-state index in [0.29, 0.717) is 6.42 Å². The molecular formula is C15H21F4N3. The summed E-state index contributed by atoms with van der Waals surface area (Å²) in [4.78, 5) is 4.93. The second-order valence-corrected chi connectivity index (χ2v) is 5.59. The first kappa shape index (κ1) is 17.0. The lowest BCUT2D eigenvalue weighted by atomic mass is 10.1. The van der Waals surface area contributed by atoms with Crippen molar-refractivity contribution in [2.75, 3.05) is 31.5 Å². The number of likely N-dealkylation sites (tertiary alicyclic amines) is 1. The lowest BCUT2D eigenvalue weighted by Crippen LogP contribution is -2.30. The van der Waals surface area contributed by atoms with Gasteiger partial charge in [-0.25, -0.2) is 0 Å². The average molecular weight is 319 g/mol. The van der Waals surface area contributed by atoms with E-state index >= 15 is 0 Å². The van der Waals surface area contributed by atoms with Crippen LogP contribution in [0.4, 0.5) is 23.2 Å². The molecule has 0 unspecified atom stereocenters. The van der Waals surface area contributed by atoms with Crippen LogP contribution in [-0.4, -0.2) is 36.1 Å². The van der Waals surface area contributed by atoms with E-state index in [1.54, 1.807) is 0 Å². The third-order valence-electron chi connectivity index (χ3n) is 3.90. The minimum atomic E-state index is -1.63. The number of anilines is 1. The van der Waals surface area contributed by atoms with Gasteiger partial charge in [-0.1, -0.05) is 12.8 Å². The van der Waals surface area contributed by atoms with Crippen molar-refractivity contribution in [3.63, 3.8) is 0 Å². The molecule has 1 N–H and O–H groups in total. The van der Waals surface area contributed by atoms with E-state index in [1.807, 2.05) is 0 Å². The van der Waals surface area contributed by atoms with Crippen LogP contribution in [0.15, 0.2) is 0 Å². The van der Waals surface area contributed by atoms with Gasteiger partial charge >= 0.3 is 0 Å². The number of halogens is 4. The minimum absolute atomic E-state index is 0.261. The third-order valence-corrected chi connectivity index (χ3v) is 3.90. The predicted octanol–water partition coefficient (Wildman–Crippen LogP) is 3.71. The Balaban J connectivity index is 1.68. The largest absolute Gasteiger partial charge is 0.380 e. The Bertz CT molecular complexity index is 464. The van der Waals surface area contributed by atoms with Crippen molar-refractivity contribution in [1.29, 1.82) is 0 Å². The molecule has 1 saturated heterocycles. The van der Waals surface area contributed by atoms with Gasteiger partial charge in [-0.05, 0) is 45.3 Å². The van der Waals surface area contributed by atoms with E-state index in [2.05, 4.69) is 15.2 Å². The Morgan fingerprint density at radius 3 is 2.14 bits per heavy atom. The van der Waals surface area contributed by atoms with Crippen molar-refractivity contribution in [1.82, 2.24) is 9.88 Å². The number of nitrogens with one attached hydrogen (secondary N) is 1. The lowest BCUT2D eigenvalue weighted by molar-refractivity contribution is 0.224. The lowest BCUT2D eigenvalue weighted by Gasteiger charge is -2.26. The van der Waals surface area contributed by atoms with Crippen LogP contribution in [0.25, 0.3) is 0 Å². The summed E-state index contributed by atoms with van der Waals surface area (Å²) in [5, 5.41) is 2.42. The van der Waals surface area contributed by atoms with Crippen molar-refractivity contribution < 1.29 is 17.6 Å². The standard InChI is InChI=1S/C15H21F4N3/c16-11-13(12(17)15(19)21-14(11)18)20-7-3-1-4-8-22-9-5-2-6-10-22/h1-10H2,(H,20,21). The molecule has 0 aromatic carbocycles. The molecular weight excluding hydrogens is 298 g/mol. The van der Waals surface area contributed by atoms with Crippen LogP contribution >= 0.6 is 0 Å². The van der Waals surface area contributed by atoms with Crippen molar-refractivity contribution in [3.05, 3.63) is 23.5 Å². The van der Waals surface area contributed by atoms with Gasteiger partial charge in [0.25, 0.3) is 11.9 Å². The fraction of sp³-hybridized carbons (Fsp3) is 0.667. The quantitative estimate of drug-likeness (QED) is 0.472. The Morgan fingerprint density at radius 1 is 0.864 bits per heavy atom. The molecule has 0 aliphatic carbocycles. The van der Waals surface area contributed by atoms with Crippen molar-refractivity contribution in [3.8, 4) is 0 Å². The highest BCUT2D eigenvalue weighted by Gasteiger charge is 2.20. The Morgan fingerprint density at radius 2 is 1.50 bits per heavy atom. The molecule has 2 rings (SSSR count). The van der Waals surface area contributed by atoms with Crippen molar-refractivity contribution in [2.45, 2.75) is 38.5 Å². The maximum absolute atomic E-state index is 13.3. The zero-order valence-corrected chi connectivity index (χ0v) is 12.5. The molecule has 7 heteroatoms. The molecule has 0 spiro atoms. The van der Waals surface area contributed by atoms with Crippen LogP contribution in [-0.2, 0) is 0 Å². The van der Waals surface area contributed by atoms with Crippen LogP contribution in [0.1, 0.15) is 38.5 Å². The normalized spacial score (nSPS) is 16.0. The smallest absolute Gasteiger partial charge is 0.253 e. The third kappa shape index (κ3) is 4.56. The molecule has 1 aliphatic rings. The highest BCUT2D eigenvalue weighted by atomic mass is 19.2. The summed E-state index contributed by atoms with van der Waals surface area (Å²) < 4.78 is 52.5. The van der Waals surface area contributed by atoms with Crippen LogP contribution in [0.2, 0.25) is 0 Å². The Kier molecular flexibility index (Phi) is 6.42. The van der Waals surface area contributed by atoms with Crippen LogP contribution < -0.4 is 5.32 Å². The molecule has 1 aliphatic heterocycles. The molecule has 124 valence electrons. The summed E-state index contributed by atoms with van der Waals surface area (Å²) in [6.07, 6.45) is 6.38. The molecule has 1 aromatic heterocycles. The van der Waals surface area contributed by atoms with Crippen LogP contribution in [0.3, 0.4) is 0 Å². The van der Waals surface area contributed by atoms with Crippen molar-refractivity contribution >= 4 is 5.69 Å². The second-order valence-electron chi connectivity index (χ2n) is 5.59. The van der Waals surface area contributed by atoms with E-state index in [4.69, 9.17) is 0 Å². The highest BCUT2D eigenvalue weighted by Crippen LogP contribution is 2.22. The number of aromatic nitrogens is 1. The minimum Gasteiger partial charge on any atom is -0.380 e. The fourth-order valence-electron chi connectivity index (χ4n) is 2.68. The molecule has 1 fully saturated rings. The van der Waals surface area contributed by atoms with Crippen molar-refractivity contribution in [2.24, 2.45) is 0 Å². The predicted molar refractivity (Wildman–Crippen MR) is 76.7 cm³/mol. The van der Waals surface area contributed by atoms with E-state index in [9.17, 15) is 17.6 Å². The summed E-state index contributed by atoms with van der Waals surface area (Å²) in [5.41, 5.74) is -0.777. The molecule has 0 saturated carbocycles. The number of rotatable bonds is 7. The monoisotopic (exact) mass is 319 g/mol. The summed E-state index contributed by atoms with van der Waals surface area (Å²) in [6, 6.07) is 0. The molecule has 3 nitrogen and oxygen atoms in total. The highest BCUT2D eigenvalue weighted by molar-refractivity contribution is 5.45.